The first kappa shape index (κ1) is 17.8. The number of fused-ring (bicyclic) bond motifs is 1. The molecule has 1 saturated heterocycles. The first-order valence-electron chi connectivity index (χ1n) is 8.77. The smallest absolute Gasteiger partial charge is 0.485 e. The van der Waals surface area contributed by atoms with E-state index in [1.54, 1.807) is 18.2 Å². The van der Waals surface area contributed by atoms with Crippen LogP contribution in [0.5, 0.6) is 5.75 Å². The van der Waals surface area contributed by atoms with E-state index in [4.69, 9.17) is 25.6 Å². The zero-order chi connectivity index (χ0) is 18.7. The summed E-state index contributed by atoms with van der Waals surface area (Å²) in [5.74, 6) is 0.431. The fraction of sp³-hybridized carbons (Fsp3) is 0.400. The zero-order valence-corrected chi connectivity index (χ0v) is 16.1. The molecule has 4 rings (SSSR count). The molecule has 0 amide bonds. The molecule has 26 heavy (non-hydrogen) atoms. The Balaban J connectivity index is 1.71. The van der Waals surface area contributed by atoms with Crippen molar-refractivity contribution in [2.24, 2.45) is 0 Å². The third-order valence-corrected chi connectivity index (χ3v) is 5.99. The van der Waals surface area contributed by atoms with E-state index in [-0.39, 0.29) is 11.9 Å². The van der Waals surface area contributed by atoms with Gasteiger partial charge in [0.15, 0.2) is 0 Å². The van der Waals surface area contributed by atoms with Gasteiger partial charge in [0.1, 0.15) is 17.7 Å². The van der Waals surface area contributed by atoms with Crippen LogP contribution in [0, 0.1) is 5.82 Å². The molecular formula is C20H21BClFO3. The number of hydrogen-bond donors (Lipinski definition) is 0. The average molecular weight is 375 g/mol. The van der Waals surface area contributed by atoms with Gasteiger partial charge in [-0.1, -0.05) is 29.8 Å². The summed E-state index contributed by atoms with van der Waals surface area (Å²) in [5.41, 5.74) is 1.31. The van der Waals surface area contributed by atoms with Crippen LogP contribution < -0.4 is 10.2 Å². The number of hydrogen-bond acceptors (Lipinski definition) is 3. The lowest BCUT2D eigenvalue weighted by Gasteiger charge is -2.32. The van der Waals surface area contributed by atoms with E-state index in [1.807, 2.05) is 39.8 Å². The third kappa shape index (κ3) is 2.73. The molecule has 0 aliphatic carbocycles. The second-order valence-corrected chi connectivity index (χ2v) is 8.27. The van der Waals surface area contributed by atoms with E-state index in [9.17, 15) is 4.39 Å². The van der Waals surface area contributed by atoms with Gasteiger partial charge in [0.05, 0.1) is 11.2 Å². The molecule has 2 heterocycles. The minimum Gasteiger partial charge on any atom is -0.485 e. The van der Waals surface area contributed by atoms with Crippen LogP contribution in [-0.2, 0) is 15.7 Å². The van der Waals surface area contributed by atoms with Crippen LogP contribution >= 0.6 is 11.6 Å². The number of rotatable bonds is 2. The molecule has 3 nitrogen and oxygen atoms in total. The van der Waals surface area contributed by atoms with E-state index in [2.05, 4.69) is 0 Å². The Labute approximate surface area is 158 Å². The van der Waals surface area contributed by atoms with Crippen molar-refractivity contribution in [1.82, 2.24) is 0 Å². The fourth-order valence-corrected chi connectivity index (χ4v) is 3.71. The Kier molecular flexibility index (Phi) is 4.10. The number of benzene rings is 2. The predicted molar refractivity (Wildman–Crippen MR) is 101 cm³/mol. The molecule has 0 bridgehead atoms. The van der Waals surface area contributed by atoms with Gasteiger partial charge in [-0.2, -0.15) is 0 Å². The summed E-state index contributed by atoms with van der Waals surface area (Å²) in [7, 11) is -0.578. The van der Waals surface area contributed by atoms with Crippen molar-refractivity contribution in [2.75, 3.05) is 0 Å². The van der Waals surface area contributed by atoms with Gasteiger partial charge in [-0.05, 0) is 51.5 Å². The monoisotopic (exact) mass is 374 g/mol. The first-order valence-corrected chi connectivity index (χ1v) is 9.15. The highest BCUT2D eigenvalue weighted by atomic mass is 35.5. The van der Waals surface area contributed by atoms with Gasteiger partial charge in [0, 0.05) is 22.5 Å². The summed E-state index contributed by atoms with van der Waals surface area (Å²) in [4.78, 5) is 0. The van der Waals surface area contributed by atoms with Crippen LogP contribution in [0.25, 0.3) is 0 Å². The Morgan fingerprint density at radius 1 is 1.04 bits per heavy atom. The Bertz CT molecular complexity index is 852. The molecule has 136 valence electrons. The van der Waals surface area contributed by atoms with Crippen molar-refractivity contribution in [1.29, 1.82) is 0 Å². The Morgan fingerprint density at radius 3 is 2.35 bits per heavy atom. The summed E-state index contributed by atoms with van der Waals surface area (Å²) in [5, 5.41) is 0.569. The highest BCUT2D eigenvalue weighted by Gasteiger charge is 2.53. The number of halogens is 2. The second kappa shape index (κ2) is 5.98. The molecule has 2 aliphatic rings. The normalized spacial score (nSPS) is 23.0. The highest BCUT2D eigenvalue weighted by molar-refractivity contribution is 6.66. The van der Waals surface area contributed by atoms with Gasteiger partial charge in [0.25, 0.3) is 0 Å². The summed E-state index contributed by atoms with van der Waals surface area (Å²) in [6.07, 6.45) is 0.141. The van der Waals surface area contributed by atoms with Crippen LogP contribution in [0.4, 0.5) is 4.39 Å². The maximum absolute atomic E-state index is 14.2. The van der Waals surface area contributed by atoms with Gasteiger partial charge >= 0.3 is 7.12 Å². The van der Waals surface area contributed by atoms with Crippen LogP contribution in [0.2, 0.25) is 5.02 Å². The van der Waals surface area contributed by atoms with E-state index < -0.39 is 18.3 Å². The van der Waals surface area contributed by atoms with Crippen molar-refractivity contribution in [3.8, 4) is 5.75 Å². The van der Waals surface area contributed by atoms with E-state index >= 15 is 0 Å². The van der Waals surface area contributed by atoms with Crippen LogP contribution in [0.1, 0.15) is 44.9 Å². The number of ether oxygens (including phenoxy) is 1. The second-order valence-electron chi connectivity index (χ2n) is 7.86. The summed E-state index contributed by atoms with van der Waals surface area (Å²) in [6, 6.07) is 10.3. The SMILES string of the molecule is CC1(C)OB(c2c(Cl)ccc3c2CC(c2ccccc2F)O3)OC1(C)C. The molecule has 0 aromatic heterocycles. The van der Waals surface area contributed by atoms with Gasteiger partial charge in [-0.25, -0.2) is 4.39 Å². The van der Waals surface area contributed by atoms with E-state index in [0.717, 1.165) is 11.0 Å². The Hall–Kier alpha value is -1.56. The molecule has 0 N–H and O–H groups in total. The quantitative estimate of drug-likeness (QED) is 0.727. The molecular weight excluding hydrogens is 353 g/mol. The lowest BCUT2D eigenvalue weighted by atomic mass is 9.74. The van der Waals surface area contributed by atoms with E-state index in [1.165, 1.54) is 6.07 Å². The lowest BCUT2D eigenvalue weighted by molar-refractivity contribution is 0.00578. The van der Waals surface area contributed by atoms with Gasteiger partial charge in [0.2, 0.25) is 0 Å². The molecule has 0 radical (unpaired) electrons. The molecule has 0 spiro atoms. The fourth-order valence-electron chi connectivity index (χ4n) is 3.44. The van der Waals surface area contributed by atoms with Crippen LogP contribution in [0.15, 0.2) is 36.4 Å². The molecule has 6 heteroatoms. The molecule has 1 unspecified atom stereocenters. The van der Waals surface area contributed by atoms with Gasteiger partial charge in [-0.3, -0.25) is 0 Å². The van der Waals surface area contributed by atoms with Crippen molar-refractivity contribution in [3.05, 3.63) is 58.4 Å². The molecule has 2 aromatic rings. The summed E-state index contributed by atoms with van der Waals surface area (Å²) < 4.78 is 32.6. The van der Waals surface area contributed by atoms with Crippen LogP contribution in [0.3, 0.4) is 0 Å². The molecule has 0 saturated carbocycles. The van der Waals surface area contributed by atoms with Gasteiger partial charge < -0.3 is 14.0 Å². The maximum atomic E-state index is 14.2. The standard InChI is InChI=1S/C20H21BClFO3/c1-19(2)20(3,4)26-21(25-19)18-13-11-17(12-7-5-6-8-15(12)23)24-16(13)10-9-14(18)22/h5-10,17H,11H2,1-4H3. The van der Waals surface area contributed by atoms with Crippen molar-refractivity contribution in [2.45, 2.75) is 51.4 Å². The highest BCUT2D eigenvalue weighted by Crippen LogP contribution is 2.41. The van der Waals surface area contributed by atoms with E-state index in [0.29, 0.717) is 22.8 Å². The Morgan fingerprint density at radius 2 is 1.69 bits per heavy atom. The molecule has 1 atom stereocenters. The molecule has 2 aromatic carbocycles. The average Bonchev–Trinajstić information content (AvgIpc) is 3.06. The largest absolute Gasteiger partial charge is 0.496 e. The van der Waals surface area contributed by atoms with Crippen molar-refractivity contribution < 1.29 is 18.4 Å². The van der Waals surface area contributed by atoms with Crippen LogP contribution in [-0.4, -0.2) is 18.3 Å². The van der Waals surface area contributed by atoms with Gasteiger partial charge in [-0.15, -0.1) is 0 Å². The predicted octanol–water partition coefficient (Wildman–Crippen LogP) is 4.45. The topological polar surface area (TPSA) is 27.7 Å². The molecule has 2 aliphatic heterocycles. The first-order chi connectivity index (χ1) is 12.2. The zero-order valence-electron chi connectivity index (χ0n) is 15.3. The molecule has 1 fully saturated rings. The van der Waals surface area contributed by atoms with Crippen molar-refractivity contribution >= 4 is 24.2 Å². The van der Waals surface area contributed by atoms with Crippen molar-refractivity contribution in [3.63, 3.8) is 0 Å². The third-order valence-electron chi connectivity index (χ3n) is 5.66. The minimum atomic E-state index is -0.578. The summed E-state index contributed by atoms with van der Waals surface area (Å²) in [6.45, 7) is 8.01. The summed E-state index contributed by atoms with van der Waals surface area (Å²) >= 11 is 6.51. The lowest BCUT2D eigenvalue weighted by Crippen LogP contribution is -2.41. The maximum Gasteiger partial charge on any atom is 0.496 e. The minimum absolute atomic E-state index is 0.270.